The lowest BCUT2D eigenvalue weighted by molar-refractivity contribution is -0.142. The molecular weight excluding hydrogens is 301 g/mol. The maximum absolute atomic E-state index is 14.0. The third-order valence-corrected chi connectivity index (χ3v) is 3.64. The van der Waals surface area contributed by atoms with E-state index in [2.05, 4.69) is 5.32 Å². The average molecular weight is 317 g/mol. The molecule has 0 saturated carbocycles. The Hall–Kier alpha value is -2.89. The van der Waals surface area contributed by atoms with E-state index in [0.717, 1.165) is 6.07 Å². The Morgan fingerprint density at radius 1 is 1.04 bits per heavy atom. The molecule has 0 radical (unpaired) electrons. The highest BCUT2D eigenvalue weighted by atomic mass is 19.1. The van der Waals surface area contributed by atoms with E-state index in [-0.39, 0.29) is 11.3 Å². The molecule has 0 atom stereocenters. The fraction of sp³-hybridized carbons (Fsp3) is 0.176. The lowest BCUT2D eigenvalue weighted by atomic mass is 9.83. The van der Waals surface area contributed by atoms with Gasteiger partial charge < -0.3 is 15.5 Å². The van der Waals surface area contributed by atoms with Crippen molar-refractivity contribution in [3.63, 3.8) is 0 Å². The SMILES string of the molecule is CC(C)(C(=O)O)c1ccccc1Nc1c(F)cccc1C(=O)O. The quantitative estimate of drug-likeness (QED) is 0.784. The molecular formula is C17H16FNO4. The van der Waals surface area contributed by atoms with Crippen LogP contribution in [-0.4, -0.2) is 22.2 Å². The van der Waals surface area contributed by atoms with Crippen LogP contribution >= 0.6 is 0 Å². The first-order chi connectivity index (χ1) is 10.7. The minimum Gasteiger partial charge on any atom is -0.481 e. The number of hydrogen-bond acceptors (Lipinski definition) is 3. The normalized spacial score (nSPS) is 11.1. The average Bonchev–Trinajstić information content (AvgIpc) is 2.49. The van der Waals surface area contributed by atoms with Crippen LogP contribution in [0, 0.1) is 5.82 Å². The summed E-state index contributed by atoms with van der Waals surface area (Å²) in [6.45, 7) is 3.05. The predicted octanol–water partition coefficient (Wildman–Crippen LogP) is 3.63. The first-order valence-corrected chi connectivity index (χ1v) is 6.87. The fourth-order valence-electron chi connectivity index (χ4n) is 2.22. The standard InChI is InChI=1S/C17H16FNO4/c1-17(2,16(22)23)11-7-3-4-9-13(11)19-14-10(15(20)21)6-5-8-12(14)18/h3-9,19H,1-2H3,(H,20,21)(H,22,23). The molecule has 0 bridgehead atoms. The summed E-state index contributed by atoms with van der Waals surface area (Å²) >= 11 is 0. The van der Waals surface area contributed by atoms with Crippen molar-refractivity contribution in [3.05, 3.63) is 59.4 Å². The van der Waals surface area contributed by atoms with Gasteiger partial charge in [0.05, 0.1) is 16.7 Å². The molecule has 0 fully saturated rings. The number of rotatable bonds is 5. The van der Waals surface area contributed by atoms with Crippen molar-refractivity contribution in [1.29, 1.82) is 0 Å². The molecule has 5 nitrogen and oxygen atoms in total. The number of halogens is 1. The van der Waals surface area contributed by atoms with E-state index < -0.39 is 23.2 Å². The largest absolute Gasteiger partial charge is 0.481 e. The monoisotopic (exact) mass is 317 g/mol. The Morgan fingerprint density at radius 3 is 2.30 bits per heavy atom. The van der Waals surface area contributed by atoms with Crippen molar-refractivity contribution in [2.45, 2.75) is 19.3 Å². The molecule has 0 heterocycles. The van der Waals surface area contributed by atoms with Gasteiger partial charge in [-0.05, 0) is 37.6 Å². The van der Waals surface area contributed by atoms with Crippen molar-refractivity contribution in [1.82, 2.24) is 0 Å². The number of anilines is 2. The number of carbonyl (C=O) groups is 2. The van der Waals surface area contributed by atoms with Gasteiger partial charge in [0, 0.05) is 5.69 Å². The molecule has 0 spiro atoms. The molecule has 0 saturated heterocycles. The molecule has 0 aliphatic heterocycles. The molecule has 0 aliphatic carbocycles. The smallest absolute Gasteiger partial charge is 0.337 e. The van der Waals surface area contributed by atoms with E-state index in [1.54, 1.807) is 24.3 Å². The van der Waals surface area contributed by atoms with Crippen LogP contribution in [0.4, 0.5) is 15.8 Å². The molecule has 2 aromatic carbocycles. The number of aromatic carboxylic acids is 1. The van der Waals surface area contributed by atoms with E-state index in [1.807, 2.05) is 0 Å². The first-order valence-electron chi connectivity index (χ1n) is 6.87. The second kappa shape index (κ2) is 6.08. The van der Waals surface area contributed by atoms with Crippen molar-refractivity contribution < 1.29 is 24.2 Å². The van der Waals surface area contributed by atoms with Gasteiger partial charge in [-0.3, -0.25) is 4.79 Å². The van der Waals surface area contributed by atoms with Gasteiger partial charge in [-0.15, -0.1) is 0 Å². The predicted molar refractivity (Wildman–Crippen MR) is 83.7 cm³/mol. The Labute approximate surface area is 132 Å². The zero-order valence-corrected chi connectivity index (χ0v) is 12.6. The van der Waals surface area contributed by atoms with E-state index >= 15 is 0 Å². The van der Waals surface area contributed by atoms with Gasteiger partial charge in [0.1, 0.15) is 5.82 Å². The number of benzene rings is 2. The summed E-state index contributed by atoms with van der Waals surface area (Å²) in [7, 11) is 0. The molecule has 23 heavy (non-hydrogen) atoms. The Morgan fingerprint density at radius 2 is 1.70 bits per heavy atom. The lowest BCUT2D eigenvalue weighted by Gasteiger charge is -2.24. The number of nitrogens with one attached hydrogen (secondary N) is 1. The van der Waals surface area contributed by atoms with E-state index in [1.165, 1.54) is 26.0 Å². The Bertz CT molecular complexity index is 771. The molecule has 0 amide bonds. The summed E-state index contributed by atoms with van der Waals surface area (Å²) in [4.78, 5) is 22.7. The van der Waals surface area contributed by atoms with Crippen molar-refractivity contribution >= 4 is 23.3 Å². The summed E-state index contributed by atoms with van der Waals surface area (Å²) in [5.41, 5.74) is -0.890. The number of carboxylic acids is 2. The van der Waals surface area contributed by atoms with E-state index in [0.29, 0.717) is 11.3 Å². The van der Waals surface area contributed by atoms with Crippen molar-refractivity contribution in [2.75, 3.05) is 5.32 Å². The van der Waals surface area contributed by atoms with Crippen LogP contribution in [0.1, 0.15) is 29.8 Å². The highest BCUT2D eigenvalue weighted by molar-refractivity contribution is 5.95. The van der Waals surface area contributed by atoms with Gasteiger partial charge in [-0.2, -0.15) is 0 Å². The maximum Gasteiger partial charge on any atom is 0.337 e. The van der Waals surface area contributed by atoms with Crippen LogP contribution in [0.3, 0.4) is 0 Å². The molecule has 2 aromatic rings. The summed E-state index contributed by atoms with van der Waals surface area (Å²) in [5.74, 6) is -3.05. The van der Waals surface area contributed by atoms with Gasteiger partial charge in [-0.1, -0.05) is 24.3 Å². The summed E-state index contributed by atoms with van der Waals surface area (Å²) in [6, 6.07) is 10.2. The zero-order valence-electron chi connectivity index (χ0n) is 12.6. The number of carboxylic acid groups (broad SMARTS) is 2. The number of para-hydroxylation sites is 2. The maximum atomic E-state index is 14.0. The first kappa shape index (κ1) is 16.5. The minimum absolute atomic E-state index is 0.200. The van der Waals surface area contributed by atoms with Crippen molar-refractivity contribution in [3.8, 4) is 0 Å². The van der Waals surface area contributed by atoms with Gasteiger partial charge in [0.25, 0.3) is 0 Å². The second-order valence-corrected chi connectivity index (χ2v) is 5.57. The highest BCUT2D eigenvalue weighted by Crippen LogP contribution is 2.33. The number of aliphatic carboxylic acids is 1. The van der Waals surface area contributed by atoms with Crippen molar-refractivity contribution in [2.24, 2.45) is 0 Å². The van der Waals surface area contributed by atoms with Crippen LogP contribution in [-0.2, 0) is 10.2 Å². The van der Waals surface area contributed by atoms with Gasteiger partial charge in [0.2, 0.25) is 0 Å². The third kappa shape index (κ3) is 3.15. The number of hydrogen-bond donors (Lipinski definition) is 3. The van der Waals surface area contributed by atoms with Crippen LogP contribution < -0.4 is 5.32 Å². The lowest BCUT2D eigenvalue weighted by Crippen LogP contribution is -2.29. The summed E-state index contributed by atoms with van der Waals surface area (Å²) in [6.07, 6.45) is 0. The minimum atomic E-state index is -1.28. The van der Waals surface area contributed by atoms with Gasteiger partial charge >= 0.3 is 11.9 Å². The van der Waals surface area contributed by atoms with Crippen LogP contribution in [0.15, 0.2) is 42.5 Å². The molecule has 120 valence electrons. The molecule has 3 N–H and O–H groups in total. The van der Waals surface area contributed by atoms with Gasteiger partial charge in [0.15, 0.2) is 0 Å². The van der Waals surface area contributed by atoms with Crippen LogP contribution in [0.2, 0.25) is 0 Å². The topological polar surface area (TPSA) is 86.6 Å². The summed E-state index contributed by atoms with van der Waals surface area (Å²) in [5, 5.41) is 21.3. The molecule has 6 heteroatoms. The highest BCUT2D eigenvalue weighted by Gasteiger charge is 2.32. The van der Waals surface area contributed by atoms with Gasteiger partial charge in [-0.25, -0.2) is 9.18 Å². The molecule has 2 rings (SSSR count). The molecule has 0 unspecified atom stereocenters. The summed E-state index contributed by atoms with van der Waals surface area (Å²) < 4.78 is 14.0. The van der Waals surface area contributed by atoms with E-state index in [4.69, 9.17) is 0 Å². The van der Waals surface area contributed by atoms with Crippen LogP contribution in [0.25, 0.3) is 0 Å². The molecule has 0 aliphatic rings. The molecule has 0 aromatic heterocycles. The fourth-order valence-corrected chi connectivity index (χ4v) is 2.22. The Balaban J connectivity index is 2.56. The second-order valence-electron chi connectivity index (χ2n) is 5.57. The Kier molecular flexibility index (Phi) is 4.36. The third-order valence-electron chi connectivity index (χ3n) is 3.64. The van der Waals surface area contributed by atoms with Crippen LogP contribution in [0.5, 0.6) is 0 Å². The van der Waals surface area contributed by atoms with E-state index in [9.17, 15) is 24.2 Å². The zero-order chi connectivity index (χ0) is 17.2.